The Hall–Kier alpha value is -1.92. The molecule has 0 spiro atoms. The first-order valence-corrected chi connectivity index (χ1v) is 7.42. The maximum absolute atomic E-state index is 12.8. The Labute approximate surface area is 123 Å². The number of carbonyl (C=O) groups excluding carboxylic acids is 2. The van der Waals surface area contributed by atoms with Gasteiger partial charge in [0.25, 0.3) is 0 Å². The lowest BCUT2D eigenvalue weighted by molar-refractivity contribution is -0.152. The van der Waals surface area contributed by atoms with E-state index in [0.717, 1.165) is 12.8 Å². The highest BCUT2D eigenvalue weighted by Gasteiger charge is 2.47. The molecular formula is C14H21N5O2. The molecule has 0 bridgehead atoms. The minimum Gasteiger partial charge on any atom is -0.342 e. The van der Waals surface area contributed by atoms with Crippen LogP contribution >= 0.6 is 0 Å². The Morgan fingerprint density at radius 2 is 2.10 bits per heavy atom. The minimum absolute atomic E-state index is 0.0128. The van der Waals surface area contributed by atoms with Crippen LogP contribution in [0.15, 0.2) is 6.33 Å². The second-order valence-electron chi connectivity index (χ2n) is 6.28. The van der Waals surface area contributed by atoms with Crippen molar-refractivity contribution in [1.82, 2.24) is 25.0 Å². The van der Waals surface area contributed by atoms with E-state index in [1.807, 2.05) is 13.8 Å². The third kappa shape index (κ3) is 2.52. The van der Waals surface area contributed by atoms with Gasteiger partial charge in [-0.05, 0) is 24.7 Å². The highest BCUT2D eigenvalue weighted by molar-refractivity contribution is 5.97. The first kappa shape index (κ1) is 14.0. The summed E-state index contributed by atoms with van der Waals surface area (Å²) in [6.45, 7) is 4.24. The Balaban J connectivity index is 1.88. The number of nitrogens with one attached hydrogen (secondary N) is 1. The van der Waals surface area contributed by atoms with Crippen molar-refractivity contribution < 1.29 is 9.59 Å². The van der Waals surface area contributed by atoms with Crippen molar-refractivity contribution in [3.05, 3.63) is 12.2 Å². The highest BCUT2D eigenvalue weighted by Crippen LogP contribution is 2.36. The fraction of sp³-hybridized carbons (Fsp3) is 0.714. The van der Waals surface area contributed by atoms with Gasteiger partial charge in [0.1, 0.15) is 24.2 Å². The van der Waals surface area contributed by atoms with Gasteiger partial charge in [-0.3, -0.25) is 14.3 Å². The quantitative estimate of drug-likeness (QED) is 0.852. The summed E-state index contributed by atoms with van der Waals surface area (Å²) in [5.41, 5.74) is 0. The molecule has 7 nitrogen and oxygen atoms in total. The van der Waals surface area contributed by atoms with E-state index >= 15 is 0 Å². The van der Waals surface area contributed by atoms with Gasteiger partial charge in [0.2, 0.25) is 11.8 Å². The summed E-state index contributed by atoms with van der Waals surface area (Å²) in [6.07, 6.45) is 3.49. The lowest BCUT2D eigenvalue weighted by Gasteiger charge is -2.40. The van der Waals surface area contributed by atoms with Crippen LogP contribution in [0.5, 0.6) is 0 Å². The maximum atomic E-state index is 12.8. The Morgan fingerprint density at radius 3 is 2.62 bits per heavy atom. The summed E-state index contributed by atoms with van der Waals surface area (Å²) in [6, 6.07) is -0.801. The molecule has 2 atom stereocenters. The maximum Gasteiger partial charge on any atom is 0.246 e. The lowest BCUT2D eigenvalue weighted by Crippen LogP contribution is -2.65. The summed E-state index contributed by atoms with van der Waals surface area (Å²) < 4.78 is 1.64. The second kappa shape index (κ2) is 5.13. The fourth-order valence-electron chi connectivity index (χ4n) is 2.96. The Morgan fingerprint density at radius 1 is 1.38 bits per heavy atom. The molecule has 1 aromatic heterocycles. The van der Waals surface area contributed by atoms with Gasteiger partial charge in [-0.25, -0.2) is 4.98 Å². The number of hydrogen-bond acceptors (Lipinski definition) is 4. The molecule has 2 fully saturated rings. The van der Waals surface area contributed by atoms with Crippen LogP contribution in [0.3, 0.4) is 0 Å². The molecule has 1 saturated heterocycles. The van der Waals surface area contributed by atoms with Gasteiger partial charge in [0.05, 0.1) is 6.54 Å². The van der Waals surface area contributed by atoms with Gasteiger partial charge in [0.15, 0.2) is 0 Å². The average molecular weight is 291 g/mol. The van der Waals surface area contributed by atoms with Gasteiger partial charge in [-0.2, -0.15) is 5.10 Å². The highest BCUT2D eigenvalue weighted by atomic mass is 16.2. The second-order valence-corrected chi connectivity index (χ2v) is 6.28. The molecule has 2 amide bonds. The number of amides is 2. The van der Waals surface area contributed by atoms with E-state index < -0.39 is 6.04 Å². The van der Waals surface area contributed by atoms with Crippen LogP contribution in [0.4, 0.5) is 0 Å². The largest absolute Gasteiger partial charge is 0.342 e. The van der Waals surface area contributed by atoms with Crippen LogP contribution in [-0.2, 0) is 23.2 Å². The third-order valence-electron chi connectivity index (χ3n) is 4.29. The van der Waals surface area contributed by atoms with Crippen molar-refractivity contribution in [2.24, 2.45) is 18.9 Å². The monoisotopic (exact) mass is 291 g/mol. The summed E-state index contributed by atoms with van der Waals surface area (Å²) in [5.74, 6) is 1.01. The lowest BCUT2D eigenvalue weighted by atomic mass is 9.95. The Bertz CT molecular complexity index is 563. The van der Waals surface area contributed by atoms with E-state index in [4.69, 9.17) is 0 Å². The van der Waals surface area contributed by atoms with Crippen molar-refractivity contribution >= 4 is 11.8 Å². The normalized spacial score (nSPS) is 26.4. The first-order valence-electron chi connectivity index (χ1n) is 7.42. The van der Waals surface area contributed by atoms with E-state index in [2.05, 4.69) is 15.4 Å². The van der Waals surface area contributed by atoms with Crippen LogP contribution in [0.1, 0.15) is 32.5 Å². The molecule has 1 aliphatic carbocycles. The van der Waals surface area contributed by atoms with E-state index in [9.17, 15) is 9.59 Å². The number of aromatic nitrogens is 3. The van der Waals surface area contributed by atoms with Crippen LogP contribution in [0.2, 0.25) is 0 Å². The van der Waals surface area contributed by atoms with Gasteiger partial charge in [-0.15, -0.1) is 0 Å². The molecule has 7 heteroatoms. The molecule has 3 rings (SSSR count). The Kier molecular flexibility index (Phi) is 3.43. The van der Waals surface area contributed by atoms with Crippen molar-refractivity contribution in [2.75, 3.05) is 0 Å². The summed E-state index contributed by atoms with van der Waals surface area (Å²) in [5, 5.41) is 6.94. The molecule has 0 radical (unpaired) electrons. The van der Waals surface area contributed by atoms with E-state index in [1.54, 1.807) is 16.6 Å². The predicted molar refractivity (Wildman–Crippen MR) is 74.8 cm³/mol. The molecule has 1 aliphatic heterocycles. The number of piperazine rings is 1. The van der Waals surface area contributed by atoms with Crippen molar-refractivity contribution in [1.29, 1.82) is 0 Å². The molecule has 1 saturated carbocycles. The molecule has 21 heavy (non-hydrogen) atoms. The van der Waals surface area contributed by atoms with Gasteiger partial charge in [0, 0.05) is 7.05 Å². The number of hydrogen-bond donors (Lipinski definition) is 1. The van der Waals surface area contributed by atoms with E-state index in [0.29, 0.717) is 18.3 Å². The van der Waals surface area contributed by atoms with E-state index in [1.165, 1.54) is 6.33 Å². The minimum atomic E-state index is -0.441. The van der Waals surface area contributed by atoms with Gasteiger partial charge < -0.3 is 10.2 Å². The standard InChI is InChI=1S/C14H21N5O2/c1-8(2)12-13(20)17-11(9-4-5-9)14(21)19(12)6-10-15-7-16-18(10)3/h7-9,11-12H,4-6H2,1-3H3,(H,17,20). The summed E-state index contributed by atoms with van der Waals surface area (Å²) in [4.78, 5) is 31.0. The topological polar surface area (TPSA) is 80.1 Å². The number of carbonyl (C=O) groups is 2. The van der Waals surface area contributed by atoms with Crippen molar-refractivity contribution in [3.8, 4) is 0 Å². The van der Waals surface area contributed by atoms with Crippen LogP contribution in [0, 0.1) is 11.8 Å². The predicted octanol–water partition coefficient (Wildman–Crippen LogP) is 0.0767. The van der Waals surface area contributed by atoms with Gasteiger partial charge >= 0.3 is 0 Å². The molecule has 1 aromatic rings. The molecule has 0 aromatic carbocycles. The SMILES string of the molecule is CC(C)C1C(=O)NC(C2CC2)C(=O)N1Cc1ncnn1C. The van der Waals surface area contributed by atoms with E-state index in [-0.39, 0.29) is 23.8 Å². The smallest absolute Gasteiger partial charge is 0.246 e. The third-order valence-corrected chi connectivity index (χ3v) is 4.29. The van der Waals surface area contributed by atoms with Crippen LogP contribution in [-0.4, -0.2) is 43.6 Å². The number of rotatable bonds is 4. The molecule has 1 N–H and O–H groups in total. The zero-order chi connectivity index (χ0) is 15.1. The van der Waals surface area contributed by atoms with Crippen LogP contribution < -0.4 is 5.32 Å². The average Bonchev–Trinajstić information content (AvgIpc) is 3.18. The van der Waals surface area contributed by atoms with Crippen LogP contribution in [0.25, 0.3) is 0 Å². The summed E-state index contributed by atoms with van der Waals surface area (Å²) in [7, 11) is 1.79. The molecule has 2 unspecified atom stereocenters. The van der Waals surface area contributed by atoms with Crippen molar-refractivity contribution in [3.63, 3.8) is 0 Å². The number of aryl methyl sites for hydroxylation is 1. The zero-order valence-corrected chi connectivity index (χ0v) is 12.6. The first-order chi connectivity index (χ1) is 9.99. The molecule has 2 heterocycles. The zero-order valence-electron chi connectivity index (χ0n) is 12.6. The molecular weight excluding hydrogens is 270 g/mol. The molecule has 114 valence electrons. The van der Waals surface area contributed by atoms with Gasteiger partial charge in [-0.1, -0.05) is 13.8 Å². The fourth-order valence-corrected chi connectivity index (χ4v) is 2.96. The number of nitrogens with zero attached hydrogens (tertiary/aromatic N) is 4. The molecule has 2 aliphatic rings. The summed E-state index contributed by atoms with van der Waals surface area (Å²) >= 11 is 0. The van der Waals surface area contributed by atoms with Crippen molar-refractivity contribution in [2.45, 2.75) is 45.3 Å².